The van der Waals surface area contributed by atoms with Crippen LogP contribution in [0.3, 0.4) is 0 Å². The second-order valence-electron chi connectivity index (χ2n) is 4.89. The van der Waals surface area contributed by atoms with Gasteiger partial charge in [-0.05, 0) is 24.3 Å². The lowest BCUT2D eigenvalue weighted by atomic mass is 10.1. The van der Waals surface area contributed by atoms with Crippen molar-refractivity contribution in [2.75, 3.05) is 13.7 Å². The fourth-order valence-electron chi connectivity index (χ4n) is 1.91. The molecule has 2 N–H and O–H groups in total. The second kappa shape index (κ2) is 7.40. The number of hydrogen-bond acceptors (Lipinski definition) is 5. The van der Waals surface area contributed by atoms with Crippen molar-refractivity contribution in [1.82, 2.24) is 10.6 Å². The van der Waals surface area contributed by atoms with Gasteiger partial charge in [0.2, 0.25) is 5.91 Å². The Balaban J connectivity index is 1.82. The molecule has 1 heterocycles. The number of carbonyl (C=O) groups is 2. The fourth-order valence-corrected chi connectivity index (χ4v) is 2.68. The largest absolute Gasteiger partial charge is 0.469 e. The van der Waals surface area contributed by atoms with E-state index in [0.29, 0.717) is 19.0 Å². The molecule has 1 aliphatic rings. The van der Waals surface area contributed by atoms with Crippen LogP contribution in [0.5, 0.6) is 0 Å². The van der Waals surface area contributed by atoms with Crippen LogP contribution < -0.4 is 10.6 Å². The van der Waals surface area contributed by atoms with Crippen LogP contribution in [0.25, 0.3) is 0 Å². The smallest absolute Gasteiger partial charge is 0.307 e. The SMILES string of the molecule is COC(=O)CC(NC(=O)CCNC1CC1)c1cccs1. The predicted octanol–water partition coefficient (Wildman–Crippen LogP) is 1.61. The van der Waals surface area contributed by atoms with Gasteiger partial charge < -0.3 is 15.4 Å². The van der Waals surface area contributed by atoms with Gasteiger partial charge in [-0.2, -0.15) is 0 Å². The molecule has 1 amide bonds. The van der Waals surface area contributed by atoms with Gasteiger partial charge in [0.1, 0.15) is 0 Å². The molecule has 0 spiro atoms. The van der Waals surface area contributed by atoms with Gasteiger partial charge in [0.25, 0.3) is 0 Å². The van der Waals surface area contributed by atoms with E-state index < -0.39 is 0 Å². The molecule has 0 aromatic carbocycles. The van der Waals surface area contributed by atoms with Crippen LogP contribution >= 0.6 is 11.3 Å². The highest BCUT2D eigenvalue weighted by Crippen LogP contribution is 2.22. The minimum Gasteiger partial charge on any atom is -0.469 e. The highest BCUT2D eigenvalue weighted by Gasteiger charge is 2.22. The van der Waals surface area contributed by atoms with Crippen LogP contribution in [0.4, 0.5) is 0 Å². The Hall–Kier alpha value is -1.40. The molecule has 6 heteroatoms. The van der Waals surface area contributed by atoms with Crippen LogP contribution in [-0.2, 0) is 14.3 Å². The third kappa shape index (κ3) is 4.94. The third-order valence-corrected chi connectivity index (χ3v) is 4.17. The van der Waals surface area contributed by atoms with Gasteiger partial charge in [0.05, 0.1) is 19.6 Å². The summed E-state index contributed by atoms with van der Waals surface area (Å²) >= 11 is 1.53. The maximum absolute atomic E-state index is 11.9. The zero-order valence-electron chi connectivity index (χ0n) is 11.6. The zero-order valence-corrected chi connectivity index (χ0v) is 12.4. The lowest BCUT2D eigenvalue weighted by molar-refractivity contribution is -0.141. The monoisotopic (exact) mass is 296 g/mol. The Kier molecular flexibility index (Phi) is 5.55. The Morgan fingerprint density at radius 3 is 2.90 bits per heavy atom. The topological polar surface area (TPSA) is 67.4 Å². The van der Waals surface area contributed by atoms with Gasteiger partial charge in [0.15, 0.2) is 0 Å². The first-order chi connectivity index (χ1) is 9.69. The zero-order chi connectivity index (χ0) is 14.4. The number of nitrogens with one attached hydrogen (secondary N) is 2. The van der Waals surface area contributed by atoms with E-state index in [2.05, 4.69) is 15.4 Å². The van der Waals surface area contributed by atoms with E-state index in [-0.39, 0.29) is 24.3 Å². The predicted molar refractivity (Wildman–Crippen MR) is 77.5 cm³/mol. The van der Waals surface area contributed by atoms with E-state index >= 15 is 0 Å². The first-order valence-electron chi connectivity index (χ1n) is 6.82. The molecule has 0 radical (unpaired) electrons. The summed E-state index contributed by atoms with van der Waals surface area (Å²) in [5.74, 6) is -0.361. The summed E-state index contributed by atoms with van der Waals surface area (Å²) in [6, 6.07) is 4.13. The number of hydrogen-bond donors (Lipinski definition) is 2. The molecule has 1 aromatic rings. The molecule has 1 unspecified atom stereocenters. The molecular formula is C14H20N2O3S. The van der Waals surface area contributed by atoms with E-state index in [1.54, 1.807) is 0 Å². The number of carbonyl (C=O) groups excluding carboxylic acids is 2. The fraction of sp³-hybridized carbons (Fsp3) is 0.571. The van der Waals surface area contributed by atoms with E-state index in [1.807, 2.05) is 17.5 Å². The lowest BCUT2D eigenvalue weighted by Gasteiger charge is -2.16. The molecule has 5 nitrogen and oxygen atoms in total. The van der Waals surface area contributed by atoms with Gasteiger partial charge in [-0.25, -0.2) is 0 Å². The number of methoxy groups -OCH3 is 1. The number of ether oxygens (including phenoxy) is 1. The molecule has 20 heavy (non-hydrogen) atoms. The standard InChI is InChI=1S/C14H20N2O3S/c1-19-14(18)9-11(12-3-2-8-20-12)16-13(17)6-7-15-10-4-5-10/h2-3,8,10-11,15H,4-7,9H2,1H3,(H,16,17). The summed E-state index contributed by atoms with van der Waals surface area (Å²) in [5.41, 5.74) is 0. The molecular weight excluding hydrogens is 276 g/mol. The minimum atomic E-state index is -0.320. The number of rotatable bonds is 8. The van der Waals surface area contributed by atoms with Crippen molar-refractivity contribution < 1.29 is 14.3 Å². The van der Waals surface area contributed by atoms with Crippen LogP contribution in [0.2, 0.25) is 0 Å². The normalized spacial score (nSPS) is 15.7. The summed E-state index contributed by atoms with van der Waals surface area (Å²) in [6.07, 6.45) is 3.02. The Morgan fingerprint density at radius 1 is 1.50 bits per heavy atom. The number of esters is 1. The molecule has 1 fully saturated rings. The van der Waals surface area contributed by atoms with E-state index in [4.69, 9.17) is 0 Å². The second-order valence-corrected chi connectivity index (χ2v) is 5.87. The van der Waals surface area contributed by atoms with Crippen LogP contribution in [0.1, 0.15) is 36.6 Å². The molecule has 1 atom stereocenters. The summed E-state index contributed by atoms with van der Waals surface area (Å²) in [7, 11) is 1.36. The Labute approximate surface area is 122 Å². The van der Waals surface area contributed by atoms with Crippen LogP contribution in [0, 0.1) is 0 Å². The van der Waals surface area contributed by atoms with Crippen LogP contribution in [-0.4, -0.2) is 31.6 Å². The van der Waals surface area contributed by atoms with Gasteiger partial charge in [-0.1, -0.05) is 6.07 Å². The van der Waals surface area contributed by atoms with Gasteiger partial charge in [0, 0.05) is 23.9 Å². The lowest BCUT2D eigenvalue weighted by Crippen LogP contribution is -2.32. The summed E-state index contributed by atoms with van der Waals surface area (Å²) in [6.45, 7) is 0.686. The maximum Gasteiger partial charge on any atom is 0.307 e. The van der Waals surface area contributed by atoms with Crippen molar-refractivity contribution in [2.45, 2.75) is 37.8 Å². The first kappa shape index (κ1) is 15.0. The molecule has 1 aromatic heterocycles. The van der Waals surface area contributed by atoms with Gasteiger partial charge >= 0.3 is 5.97 Å². The maximum atomic E-state index is 11.9. The molecule has 0 bridgehead atoms. The van der Waals surface area contributed by atoms with Gasteiger partial charge in [-0.15, -0.1) is 11.3 Å². The average molecular weight is 296 g/mol. The molecule has 1 aliphatic carbocycles. The summed E-state index contributed by atoms with van der Waals surface area (Å²) in [5, 5.41) is 8.14. The van der Waals surface area contributed by atoms with E-state index in [1.165, 1.54) is 31.3 Å². The summed E-state index contributed by atoms with van der Waals surface area (Å²) in [4.78, 5) is 24.3. The summed E-state index contributed by atoms with van der Waals surface area (Å²) < 4.78 is 4.68. The van der Waals surface area contributed by atoms with Crippen molar-refractivity contribution >= 4 is 23.2 Å². The van der Waals surface area contributed by atoms with Crippen molar-refractivity contribution in [3.8, 4) is 0 Å². The Morgan fingerprint density at radius 2 is 2.30 bits per heavy atom. The highest BCUT2D eigenvalue weighted by atomic mass is 32.1. The Bertz CT molecular complexity index is 443. The molecule has 0 saturated heterocycles. The van der Waals surface area contributed by atoms with Crippen LogP contribution in [0.15, 0.2) is 17.5 Å². The van der Waals surface area contributed by atoms with Crippen molar-refractivity contribution in [2.24, 2.45) is 0 Å². The number of thiophene rings is 1. The highest BCUT2D eigenvalue weighted by molar-refractivity contribution is 7.10. The molecule has 2 rings (SSSR count). The van der Waals surface area contributed by atoms with Crippen molar-refractivity contribution in [3.05, 3.63) is 22.4 Å². The van der Waals surface area contributed by atoms with E-state index in [9.17, 15) is 9.59 Å². The minimum absolute atomic E-state index is 0.0412. The molecule has 1 saturated carbocycles. The van der Waals surface area contributed by atoms with Crippen molar-refractivity contribution in [1.29, 1.82) is 0 Å². The quantitative estimate of drug-likeness (QED) is 0.715. The first-order valence-corrected chi connectivity index (χ1v) is 7.70. The van der Waals surface area contributed by atoms with E-state index in [0.717, 1.165) is 4.88 Å². The third-order valence-electron chi connectivity index (χ3n) is 3.18. The average Bonchev–Trinajstić information content (AvgIpc) is 3.09. The molecule has 110 valence electrons. The number of amides is 1. The van der Waals surface area contributed by atoms with Gasteiger partial charge in [-0.3, -0.25) is 9.59 Å². The van der Waals surface area contributed by atoms with Crippen molar-refractivity contribution in [3.63, 3.8) is 0 Å². The molecule has 0 aliphatic heterocycles.